The summed E-state index contributed by atoms with van der Waals surface area (Å²) in [5, 5.41) is 4.36. The van der Waals surface area contributed by atoms with Crippen LogP contribution in [0.25, 0.3) is 0 Å². The third-order valence-corrected chi connectivity index (χ3v) is 5.75. The molecule has 5 nitrogen and oxygen atoms in total. The van der Waals surface area contributed by atoms with Crippen LogP contribution in [-0.4, -0.2) is 18.2 Å². The number of alkyl halides is 3. The number of nitrogens with one attached hydrogen (secondary N) is 1. The monoisotopic (exact) mass is 373 g/mol. The van der Waals surface area contributed by atoms with E-state index in [0.717, 1.165) is 55.1 Å². The Morgan fingerprint density at radius 2 is 1.96 bits per heavy atom. The number of sulfonamides is 1. The summed E-state index contributed by atoms with van der Waals surface area (Å²) in [4.78, 5) is -0.410. The molecule has 136 valence electrons. The van der Waals surface area contributed by atoms with Gasteiger partial charge in [-0.2, -0.15) is 18.3 Å². The summed E-state index contributed by atoms with van der Waals surface area (Å²) in [5.74, 6) is 0. The number of fused-ring (bicyclic) bond motifs is 1. The zero-order valence-electron chi connectivity index (χ0n) is 13.6. The fourth-order valence-electron chi connectivity index (χ4n) is 3.09. The van der Waals surface area contributed by atoms with E-state index in [-0.39, 0.29) is 6.54 Å². The van der Waals surface area contributed by atoms with Gasteiger partial charge in [0.25, 0.3) is 0 Å². The average molecular weight is 373 g/mol. The first-order chi connectivity index (χ1) is 11.7. The Morgan fingerprint density at radius 1 is 1.24 bits per heavy atom. The molecule has 0 bridgehead atoms. The van der Waals surface area contributed by atoms with Gasteiger partial charge in [-0.3, -0.25) is 4.68 Å². The van der Waals surface area contributed by atoms with Crippen LogP contribution >= 0.6 is 0 Å². The summed E-state index contributed by atoms with van der Waals surface area (Å²) < 4.78 is 67.1. The molecule has 0 atom stereocenters. The predicted octanol–water partition coefficient (Wildman–Crippen LogP) is 2.80. The Balaban J connectivity index is 1.81. The van der Waals surface area contributed by atoms with E-state index in [2.05, 4.69) is 9.82 Å². The van der Waals surface area contributed by atoms with E-state index in [0.29, 0.717) is 11.8 Å². The lowest BCUT2D eigenvalue weighted by molar-refractivity contribution is -0.137. The maximum atomic E-state index is 12.8. The van der Waals surface area contributed by atoms with Crippen LogP contribution in [0.4, 0.5) is 13.2 Å². The van der Waals surface area contributed by atoms with Crippen molar-refractivity contribution in [1.29, 1.82) is 0 Å². The molecule has 0 aliphatic heterocycles. The van der Waals surface area contributed by atoms with Gasteiger partial charge in [-0.15, -0.1) is 0 Å². The molecule has 2 aromatic rings. The molecule has 3 rings (SSSR count). The zero-order valence-corrected chi connectivity index (χ0v) is 14.4. The third-order valence-electron chi connectivity index (χ3n) is 4.35. The van der Waals surface area contributed by atoms with Gasteiger partial charge in [0.2, 0.25) is 10.0 Å². The summed E-state index contributed by atoms with van der Waals surface area (Å²) in [7, 11) is -2.24. The minimum absolute atomic E-state index is 0.0399. The molecule has 1 aliphatic rings. The molecule has 1 aliphatic carbocycles. The van der Waals surface area contributed by atoms with Crippen LogP contribution in [-0.2, 0) is 42.6 Å². The lowest BCUT2D eigenvalue weighted by atomic mass is 9.96. The number of hydrogen-bond donors (Lipinski definition) is 1. The Kier molecular flexibility index (Phi) is 4.63. The molecule has 0 fully saturated rings. The van der Waals surface area contributed by atoms with Gasteiger partial charge >= 0.3 is 6.18 Å². The Hall–Kier alpha value is -1.87. The van der Waals surface area contributed by atoms with Gasteiger partial charge in [0, 0.05) is 12.7 Å². The molecule has 0 radical (unpaired) electrons. The predicted molar refractivity (Wildman–Crippen MR) is 85.3 cm³/mol. The molecule has 1 aromatic carbocycles. The van der Waals surface area contributed by atoms with E-state index in [9.17, 15) is 21.6 Å². The highest BCUT2D eigenvalue weighted by atomic mass is 32.2. The molecule has 1 aromatic heterocycles. The minimum Gasteiger partial charge on any atom is -0.272 e. The van der Waals surface area contributed by atoms with Crippen LogP contribution in [0.2, 0.25) is 0 Å². The van der Waals surface area contributed by atoms with E-state index in [1.54, 1.807) is 4.68 Å². The highest BCUT2D eigenvalue weighted by molar-refractivity contribution is 7.89. The molecular formula is C16H18F3N3O2S. The number of hydrogen-bond acceptors (Lipinski definition) is 3. The van der Waals surface area contributed by atoms with Crippen molar-refractivity contribution in [2.45, 2.75) is 43.3 Å². The second-order valence-corrected chi connectivity index (χ2v) is 7.82. The van der Waals surface area contributed by atoms with Crippen molar-refractivity contribution in [1.82, 2.24) is 14.5 Å². The first-order valence-electron chi connectivity index (χ1n) is 7.89. The number of benzene rings is 1. The van der Waals surface area contributed by atoms with E-state index in [1.807, 2.05) is 7.05 Å². The van der Waals surface area contributed by atoms with Crippen LogP contribution in [0, 0.1) is 0 Å². The van der Waals surface area contributed by atoms with Gasteiger partial charge in [0.1, 0.15) is 0 Å². The SMILES string of the molecule is Cn1nc(CNS(=O)(=O)c2cccc(C(F)(F)F)c2)c2c1CCCC2. The molecule has 0 spiro atoms. The standard InChI is InChI=1S/C16H18F3N3O2S/c1-22-15-8-3-2-7-13(15)14(21-22)10-20-25(23,24)12-6-4-5-11(9-12)16(17,18)19/h4-6,9,20H,2-3,7-8,10H2,1H3. The molecule has 1 N–H and O–H groups in total. The topological polar surface area (TPSA) is 64.0 Å². The largest absolute Gasteiger partial charge is 0.416 e. The number of aromatic nitrogens is 2. The fourth-order valence-corrected chi connectivity index (χ4v) is 4.12. The number of aryl methyl sites for hydroxylation is 1. The highest BCUT2D eigenvalue weighted by Crippen LogP contribution is 2.30. The van der Waals surface area contributed by atoms with E-state index >= 15 is 0 Å². The average Bonchev–Trinajstić information content (AvgIpc) is 2.89. The smallest absolute Gasteiger partial charge is 0.272 e. The first kappa shape index (κ1) is 17.9. The Labute approximate surface area is 143 Å². The van der Waals surface area contributed by atoms with Crippen LogP contribution in [0.1, 0.15) is 35.4 Å². The van der Waals surface area contributed by atoms with Crippen molar-refractivity contribution in [2.24, 2.45) is 7.05 Å². The summed E-state index contributed by atoms with van der Waals surface area (Å²) in [6.07, 6.45) is -0.761. The molecule has 25 heavy (non-hydrogen) atoms. The Bertz CT molecular complexity index is 889. The first-order valence-corrected chi connectivity index (χ1v) is 9.37. The van der Waals surface area contributed by atoms with E-state index in [4.69, 9.17) is 0 Å². The van der Waals surface area contributed by atoms with Crippen molar-refractivity contribution in [3.8, 4) is 0 Å². The second-order valence-electron chi connectivity index (χ2n) is 6.05. The van der Waals surface area contributed by atoms with Crippen LogP contribution in [0.3, 0.4) is 0 Å². The highest BCUT2D eigenvalue weighted by Gasteiger charge is 2.31. The van der Waals surface area contributed by atoms with Crippen molar-refractivity contribution in [2.75, 3.05) is 0 Å². The Morgan fingerprint density at radius 3 is 2.68 bits per heavy atom. The molecule has 0 saturated heterocycles. The number of halogens is 3. The minimum atomic E-state index is -4.59. The second kappa shape index (κ2) is 6.45. The number of nitrogens with zero attached hydrogens (tertiary/aromatic N) is 2. The van der Waals surface area contributed by atoms with Gasteiger partial charge in [-0.25, -0.2) is 13.1 Å². The molecule has 0 amide bonds. The van der Waals surface area contributed by atoms with Crippen molar-refractivity contribution < 1.29 is 21.6 Å². The summed E-state index contributed by atoms with van der Waals surface area (Å²) in [6, 6.07) is 3.70. The van der Waals surface area contributed by atoms with Crippen LogP contribution < -0.4 is 4.72 Å². The fraction of sp³-hybridized carbons (Fsp3) is 0.438. The molecule has 9 heteroatoms. The third kappa shape index (κ3) is 3.72. The summed E-state index contributed by atoms with van der Waals surface area (Å²) in [5.41, 5.74) is 1.78. The van der Waals surface area contributed by atoms with E-state index in [1.165, 1.54) is 0 Å². The van der Waals surface area contributed by atoms with Crippen LogP contribution in [0.5, 0.6) is 0 Å². The molecule has 0 unspecified atom stereocenters. The van der Waals surface area contributed by atoms with Gasteiger partial charge in [0.05, 0.1) is 22.7 Å². The quantitative estimate of drug-likeness (QED) is 0.896. The van der Waals surface area contributed by atoms with Gasteiger partial charge in [0.15, 0.2) is 0 Å². The maximum Gasteiger partial charge on any atom is 0.416 e. The maximum absolute atomic E-state index is 12.8. The zero-order chi connectivity index (χ0) is 18.2. The van der Waals surface area contributed by atoms with Crippen molar-refractivity contribution in [3.05, 3.63) is 46.8 Å². The number of rotatable bonds is 4. The van der Waals surface area contributed by atoms with Gasteiger partial charge in [-0.05, 0) is 49.4 Å². The summed E-state index contributed by atoms with van der Waals surface area (Å²) >= 11 is 0. The van der Waals surface area contributed by atoms with Gasteiger partial charge in [-0.1, -0.05) is 6.07 Å². The lowest BCUT2D eigenvalue weighted by Crippen LogP contribution is -2.24. The van der Waals surface area contributed by atoms with Crippen molar-refractivity contribution in [3.63, 3.8) is 0 Å². The van der Waals surface area contributed by atoms with Gasteiger partial charge < -0.3 is 0 Å². The van der Waals surface area contributed by atoms with E-state index < -0.39 is 26.7 Å². The normalized spacial score (nSPS) is 15.2. The van der Waals surface area contributed by atoms with Crippen LogP contribution in [0.15, 0.2) is 29.2 Å². The molecular weight excluding hydrogens is 355 g/mol. The molecule has 0 saturated carbocycles. The summed E-state index contributed by atoms with van der Waals surface area (Å²) in [6.45, 7) is -0.0399. The lowest BCUT2D eigenvalue weighted by Gasteiger charge is -2.13. The molecule has 1 heterocycles. The van der Waals surface area contributed by atoms with Crippen molar-refractivity contribution >= 4 is 10.0 Å².